The van der Waals surface area contributed by atoms with Crippen LogP contribution in [0, 0.1) is 0 Å². The third kappa shape index (κ3) is 3.12. The molecule has 16 heavy (non-hydrogen) atoms. The summed E-state index contributed by atoms with van der Waals surface area (Å²) < 4.78 is 10.2. The lowest BCUT2D eigenvalue weighted by Gasteiger charge is -2.07. The van der Waals surface area contributed by atoms with Crippen LogP contribution >= 0.6 is 0 Å². The van der Waals surface area contributed by atoms with E-state index in [-0.39, 0.29) is 5.97 Å². The molecule has 86 valence electrons. The molecule has 0 aliphatic carbocycles. The second kappa shape index (κ2) is 5.95. The molecule has 0 spiro atoms. The van der Waals surface area contributed by atoms with Gasteiger partial charge < -0.3 is 9.47 Å². The third-order valence-corrected chi connectivity index (χ3v) is 2.04. The van der Waals surface area contributed by atoms with E-state index >= 15 is 0 Å². The fraction of sp³-hybridized carbons (Fsp3) is 0.308. The summed E-state index contributed by atoms with van der Waals surface area (Å²) >= 11 is 0. The topological polar surface area (TPSA) is 35.5 Å². The fourth-order valence-electron chi connectivity index (χ4n) is 1.26. The Bertz CT molecular complexity index is 365. The van der Waals surface area contributed by atoms with Crippen molar-refractivity contribution in [3.8, 4) is 5.75 Å². The third-order valence-electron chi connectivity index (χ3n) is 2.04. The molecule has 0 aliphatic heterocycles. The first-order chi connectivity index (χ1) is 7.69. The smallest absolute Gasteiger partial charge is 0.338 e. The summed E-state index contributed by atoms with van der Waals surface area (Å²) in [4.78, 5) is 11.4. The zero-order valence-corrected chi connectivity index (χ0v) is 9.66. The van der Waals surface area contributed by atoms with Gasteiger partial charge in [0.15, 0.2) is 0 Å². The maximum absolute atomic E-state index is 11.4. The summed E-state index contributed by atoms with van der Waals surface area (Å²) in [6.07, 6.45) is 0. The van der Waals surface area contributed by atoms with E-state index in [2.05, 4.69) is 6.58 Å². The van der Waals surface area contributed by atoms with Crippen molar-refractivity contribution in [2.45, 2.75) is 13.8 Å². The van der Waals surface area contributed by atoms with Crippen molar-refractivity contribution in [2.24, 2.45) is 0 Å². The van der Waals surface area contributed by atoms with Crippen LogP contribution in [-0.2, 0) is 9.53 Å². The molecule has 0 radical (unpaired) electrons. The van der Waals surface area contributed by atoms with Crippen molar-refractivity contribution >= 4 is 11.5 Å². The molecule has 0 N–H and O–H groups in total. The predicted octanol–water partition coefficient (Wildman–Crippen LogP) is 2.66. The van der Waals surface area contributed by atoms with E-state index in [1.165, 1.54) is 0 Å². The highest BCUT2D eigenvalue weighted by Gasteiger charge is 2.09. The van der Waals surface area contributed by atoms with Crippen LogP contribution in [0.3, 0.4) is 0 Å². The van der Waals surface area contributed by atoms with Crippen LogP contribution in [0.1, 0.15) is 19.4 Å². The van der Waals surface area contributed by atoms with Crippen LogP contribution in [0.5, 0.6) is 5.75 Å². The van der Waals surface area contributed by atoms with E-state index < -0.39 is 0 Å². The normalized spacial score (nSPS) is 9.62. The molecular formula is C13H16O3. The number of carbonyl (C=O) groups excluding carboxylic acids is 1. The van der Waals surface area contributed by atoms with Gasteiger partial charge in [-0.1, -0.05) is 18.7 Å². The molecule has 0 aliphatic rings. The summed E-state index contributed by atoms with van der Waals surface area (Å²) in [6.45, 7) is 8.37. The molecule has 1 aromatic rings. The van der Waals surface area contributed by atoms with Crippen LogP contribution in [-0.4, -0.2) is 19.2 Å². The first-order valence-corrected chi connectivity index (χ1v) is 5.28. The summed E-state index contributed by atoms with van der Waals surface area (Å²) in [6, 6.07) is 7.21. The molecule has 1 aromatic carbocycles. The van der Waals surface area contributed by atoms with E-state index in [9.17, 15) is 4.79 Å². The van der Waals surface area contributed by atoms with Gasteiger partial charge in [-0.05, 0) is 31.5 Å². The standard InChI is InChI=1S/C13H16O3/c1-4-15-12-8-6-11(7-9-12)10(3)13(14)16-5-2/h6-9H,3-5H2,1-2H3. The SMILES string of the molecule is C=C(C(=O)OCC)c1ccc(OCC)cc1. The highest BCUT2D eigenvalue weighted by molar-refractivity contribution is 6.15. The molecule has 0 saturated carbocycles. The number of ether oxygens (including phenoxy) is 2. The average Bonchev–Trinajstić information content (AvgIpc) is 2.30. The first kappa shape index (κ1) is 12.3. The van der Waals surface area contributed by atoms with Crippen molar-refractivity contribution in [3.63, 3.8) is 0 Å². The van der Waals surface area contributed by atoms with Gasteiger partial charge in [0, 0.05) is 0 Å². The minimum atomic E-state index is -0.383. The summed E-state index contributed by atoms with van der Waals surface area (Å²) in [5, 5.41) is 0. The molecule has 3 heteroatoms. The molecule has 0 unspecified atom stereocenters. The van der Waals surface area contributed by atoms with Crippen molar-refractivity contribution in [3.05, 3.63) is 36.4 Å². The molecular weight excluding hydrogens is 204 g/mol. The molecule has 0 amide bonds. The van der Waals surface area contributed by atoms with Crippen LogP contribution in [0.2, 0.25) is 0 Å². The monoisotopic (exact) mass is 220 g/mol. The lowest BCUT2D eigenvalue weighted by Crippen LogP contribution is -2.05. The fourth-order valence-corrected chi connectivity index (χ4v) is 1.26. The Morgan fingerprint density at radius 3 is 2.31 bits per heavy atom. The van der Waals surface area contributed by atoms with Crippen molar-refractivity contribution < 1.29 is 14.3 Å². The highest BCUT2D eigenvalue weighted by Crippen LogP contribution is 2.18. The van der Waals surface area contributed by atoms with Gasteiger partial charge in [0.1, 0.15) is 5.75 Å². The van der Waals surface area contributed by atoms with Crippen molar-refractivity contribution in [1.29, 1.82) is 0 Å². The molecule has 0 saturated heterocycles. The maximum atomic E-state index is 11.4. The van der Waals surface area contributed by atoms with Gasteiger partial charge in [-0.15, -0.1) is 0 Å². The Morgan fingerprint density at radius 1 is 1.19 bits per heavy atom. The molecule has 0 fully saturated rings. The van der Waals surface area contributed by atoms with Gasteiger partial charge >= 0.3 is 5.97 Å². The summed E-state index contributed by atoms with van der Waals surface area (Å²) in [7, 11) is 0. The van der Waals surface area contributed by atoms with E-state index in [1.54, 1.807) is 19.1 Å². The molecule has 1 rings (SSSR count). The van der Waals surface area contributed by atoms with Crippen molar-refractivity contribution in [2.75, 3.05) is 13.2 Å². The lowest BCUT2D eigenvalue weighted by molar-refractivity contribution is -0.136. The largest absolute Gasteiger partial charge is 0.494 e. The molecule has 0 aromatic heterocycles. The van der Waals surface area contributed by atoms with E-state index in [4.69, 9.17) is 9.47 Å². The minimum Gasteiger partial charge on any atom is -0.494 e. The summed E-state index contributed by atoms with van der Waals surface area (Å²) in [5.41, 5.74) is 1.12. The van der Waals surface area contributed by atoms with Gasteiger partial charge in [0.05, 0.1) is 18.8 Å². The zero-order valence-electron chi connectivity index (χ0n) is 9.66. The van der Waals surface area contributed by atoms with Gasteiger partial charge in [0.2, 0.25) is 0 Å². The number of esters is 1. The van der Waals surface area contributed by atoms with Crippen molar-refractivity contribution in [1.82, 2.24) is 0 Å². The second-order valence-electron chi connectivity index (χ2n) is 3.16. The number of benzene rings is 1. The Morgan fingerprint density at radius 2 is 1.81 bits per heavy atom. The number of carbonyl (C=O) groups is 1. The Kier molecular flexibility index (Phi) is 4.58. The quantitative estimate of drug-likeness (QED) is 0.565. The first-order valence-electron chi connectivity index (χ1n) is 5.28. The van der Waals surface area contributed by atoms with E-state index in [0.717, 1.165) is 11.3 Å². The predicted molar refractivity (Wildman–Crippen MR) is 63.3 cm³/mol. The molecule has 0 bridgehead atoms. The zero-order chi connectivity index (χ0) is 12.0. The van der Waals surface area contributed by atoms with E-state index in [0.29, 0.717) is 18.8 Å². The number of hydrogen-bond donors (Lipinski definition) is 0. The minimum absolute atomic E-state index is 0.356. The van der Waals surface area contributed by atoms with Gasteiger partial charge in [0.25, 0.3) is 0 Å². The van der Waals surface area contributed by atoms with Gasteiger partial charge in [-0.25, -0.2) is 4.79 Å². The average molecular weight is 220 g/mol. The number of hydrogen-bond acceptors (Lipinski definition) is 3. The van der Waals surface area contributed by atoms with E-state index in [1.807, 2.05) is 19.1 Å². The Hall–Kier alpha value is -1.77. The van der Waals surface area contributed by atoms with Crippen LogP contribution in [0.25, 0.3) is 5.57 Å². The van der Waals surface area contributed by atoms with Gasteiger partial charge in [-0.3, -0.25) is 0 Å². The van der Waals surface area contributed by atoms with Crippen LogP contribution in [0.15, 0.2) is 30.8 Å². The number of rotatable bonds is 5. The molecule has 0 atom stereocenters. The van der Waals surface area contributed by atoms with Crippen LogP contribution < -0.4 is 4.74 Å². The molecule has 0 heterocycles. The second-order valence-corrected chi connectivity index (χ2v) is 3.16. The lowest BCUT2D eigenvalue weighted by atomic mass is 10.1. The van der Waals surface area contributed by atoms with Crippen LogP contribution in [0.4, 0.5) is 0 Å². The van der Waals surface area contributed by atoms with Gasteiger partial charge in [-0.2, -0.15) is 0 Å². The highest BCUT2D eigenvalue weighted by atomic mass is 16.5. The Labute approximate surface area is 95.7 Å². The maximum Gasteiger partial charge on any atom is 0.338 e. The molecule has 3 nitrogen and oxygen atoms in total. The Balaban J connectivity index is 2.73. The summed E-state index contributed by atoms with van der Waals surface area (Å²) in [5.74, 6) is 0.398.